The minimum absolute atomic E-state index is 0.115. The Kier molecular flexibility index (Phi) is 7.07. The maximum absolute atomic E-state index is 11.4. The number of likely N-dealkylation sites (N-methyl/N-ethyl adjacent to an activating group) is 2. The third-order valence-corrected chi connectivity index (χ3v) is 2.41. The molecular formula is C10H22N4O2. The normalized spacial score (nSPS) is 9.50. The summed E-state index contributed by atoms with van der Waals surface area (Å²) in [5.41, 5.74) is 0. The lowest BCUT2D eigenvalue weighted by Crippen LogP contribution is -2.46. The number of carbonyl (C=O) groups is 2. The smallest absolute Gasteiger partial charge is 0.317 e. The molecule has 94 valence electrons. The summed E-state index contributed by atoms with van der Waals surface area (Å²) in [5.74, 6) is 0. The van der Waals surface area contributed by atoms with E-state index in [-0.39, 0.29) is 12.1 Å². The van der Waals surface area contributed by atoms with Crippen molar-refractivity contribution in [1.82, 2.24) is 20.4 Å². The van der Waals surface area contributed by atoms with Crippen LogP contribution in [0.2, 0.25) is 0 Å². The molecule has 0 bridgehead atoms. The van der Waals surface area contributed by atoms with Crippen LogP contribution in [0.4, 0.5) is 9.59 Å². The summed E-state index contributed by atoms with van der Waals surface area (Å²) < 4.78 is 0. The standard InChI is InChI=1S/C10H22N4O2/c1-5-13(9(15)11-3)7-8-14(6-2)10(16)12-4/h5-8H2,1-4H3,(H,11,15)(H,12,16). The molecule has 0 radical (unpaired) electrons. The van der Waals surface area contributed by atoms with Crippen molar-refractivity contribution in [2.45, 2.75) is 13.8 Å². The van der Waals surface area contributed by atoms with Crippen LogP contribution in [0.1, 0.15) is 13.8 Å². The maximum atomic E-state index is 11.4. The summed E-state index contributed by atoms with van der Waals surface area (Å²) in [6.07, 6.45) is 0. The molecule has 0 aromatic heterocycles. The first-order valence-electron chi connectivity index (χ1n) is 5.53. The summed E-state index contributed by atoms with van der Waals surface area (Å²) in [5, 5.41) is 5.14. The number of nitrogens with one attached hydrogen (secondary N) is 2. The van der Waals surface area contributed by atoms with E-state index in [4.69, 9.17) is 0 Å². The van der Waals surface area contributed by atoms with Gasteiger partial charge in [0.15, 0.2) is 0 Å². The van der Waals surface area contributed by atoms with Crippen LogP contribution in [0.5, 0.6) is 0 Å². The first-order chi connectivity index (χ1) is 7.60. The Morgan fingerprint density at radius 2 is 1.19 bits per heavy atom. The lowest BCUT2D eigenvalue weighted by molar-refractivity contribution is 0.181. The highest BCUT2D eigenvalue weighted by molar-refractivity contribution is 5.75. The first kappa shape index (κ1) is 14.5. The lowest BCUT2D eigenvalue weighted by atomic mass is 10.4. The van der Waals surface area contributed by atoms with Crippen molar-refractivity contribution in [3.63, 3.8) is 0 Å². The number of hydrogen-bond acceptors (Lipinski definition) is 2. The second-order valence-electron chi connectivity index (χ2n) is 3.27. The van der Waals surface area contributed by atoms with Crippen LogP contribution in [-0.4, -0.2) is 62.1 Å². The molecule has 0 atom stereocenters. The Morgan fingerprint density at radius 3 is 1.38 bits per heavy atom. The second-order valence-corrected chi connectivity index (χ2v) is 3.27. The molecule has 0 aromatic carbocycles. The second kappa shape index (κ2) is 7.78. The van der Waals surface area contributed by atoms with Gasteiger partial charge in [-0.3, -0.25) is 0 Å². The Hall–Kier alpha value is -1.46. The van der Waals surface area contributed by atoms with Crippen LogP contribution in [0.3, 0.4) is 0 Å². The Balaban J connectivity index is 4.17. The summed E-state index contributed by atoms with van der Waals surface area (Å²) >= 11 is 0. The fraction of sp³-hybridized carbons (Fsp3) is 0.800. The van der Waals surface area contributed by atoms with Crippen molar-refractivity contribution >= 4 is 12.1 Å². The third-order valence-electron chi connectivity index (χ3n) is 2.41. The van der Waals surface area contributed by atoms with Gasteiger partial charge in [0.25, 0.3) is 0 Å². The highest BCUT2D eigenvalue weighted by atomic mass is 16.2. The van der Waals surface area contributed by atoms with Crippen LogP contribution in [0.15, 0.2) is 0 Å². The van der Waals surface area contributed by atoms with Crippen LogP contribution >= 0.6 is 0 Å². The van der Waals surface area contributed by atoms with Crippen LogP contribution in [0, 0.1) is 0 Å². The largest absolute Gasteiger partial charge is 0.341 e. The van der Waals surface area contributed by atoms with E-state index in [2.05, 4.69) is 10.6 Å². The minimum Gasteiger partial charge on any atom is -0.341 e. The summed E-state index contributed by atoms with van der Waals surface area (Å²) in [7, 11) is 3.20. The minimum atomic E-state index is -0.115. The van der Waals surface area contributed by atoms with Gasteiger partial charge in [0.05, 0.1) is 0 Å². The molecule has 16 heavy (non-hydrogen) atoms. The number of carbonyl (C=O) groups excluding carboxylic acids is 2. The van der Waals surface area contributed by atoms with Gasteiger partial charge in [0.2, 0.25) is 0 Å². The van der Waals surface area contributed by atoms with E-state index in [0.717, 1.165) is 0 Å². The van der Waals surface area contributed by atoms with Gasteiger partial charge in [-0.25, -0.2) is 9.59 Å². The van der Waals surface area contributed by atoms with Crippen molar-refractivity contribution in [2.24, 2.45) is 0 Å². The molecule has 0 saturated carbocycles. The van der Waals surface area contributed by atoms with Gasteiger partial charge in [0, 0.05) is 40.3 Å². The third kappa shape index (κ3) is 4.37. The van der Waals surface area contributed by atoms with Gasteiger partial charge in [-0.2, -0.15) is 0 Å². The van der Waals surface area contributed by atoms with E-state index < -0.39 is 0 Å². The summed E-state index contributed by atoms with van der Waals surface area (Å²) in [6.45, 7) is 6.15. The molecule has 4 amide bonds. The molecule has 0 aliphatic rings. The fourth-order valence-corrected chi connectivity index (χ4v) is 1.36. The van der Waals surface area contributed by atoms with Gasteiger partial charge in [-0.05, 0) is 13.8 Å². The van der Waals surface area contributed by atoms with Crippen molar-refractivity contribution in [3.8, 4) is 0 Å². The summed E-state index contributed by atoms with van der Waals surface area (Å²) in [6, 6.07) is -0.231. The van der Waals surface area contributed by atoms with E-state index in [1.807, 2.05) is 13.8 Å². The quantitative estimate of drug-likeness (QED) is 0.714. The van der Waals surface area contributed by atoms with Gasteiger partial charge >= 0.3 is 12.1 Å². The Labute approximate surface area is 97.0 Å². The number of amides is 4. The van der Waals surface area contributed by atoms with Crippen LogP contribution in [-0.2, 0) is 0 Å². The van der Waals surface area contributed by atoms with E-state index in [1.165, 1.54) is 0 Å². The van der Waals surface area contributed by atoms with Gasteiger partial charge in [0.1, 0.15) is 0 Å². The molecule has 0 aromatic rings. The van der Waals surface area contributed by atoms with Crippen LogP contribution in [0.25, 0.3) is 0 Å². The molecule has 0 aliphatic carbocycles. The maximum Gasteiger partial charge on any atom is 0.317 e. The molecule has 6 heteroatoms. The molecule has 0 saturated heterocycles. The summed E-state index contributed by atoms with van der Waals surface area (Å²) in [4.78, 5) is 26.1. The molecule has 0 aliphatic heterocycles. The first-order valence-corrected chi connectivity index (χ1v) is 5.53. The Morgan fingerprint density at radius 1 is 0.875 bits per heavy atom. The van der Waals surface area contributed by atoms with Gasteiger partial charge in [-0.15, -0.1) is 0 Å². The highest BCUT2D eigenvalue weighted by Gasteiger charge is 2.13. The SMILES string of the molecule is CCN(CCN(CC)C(=O)NC)C(=O)NC. The predicted molar refractivity (Wildman–Crippen MR) is 63.4 cm³/mol. The van der Waals surface area contributed by atoms with Gasteiger partial charge < -0.3 is 20.4 Å². The van der Waals surface area contributed by atoms with Crippen molar-refractivity contribution in [2.75, 3.05) is 40.3 Å². The molecule has 0 rings (SSSR count). The van der Waals surface area contributed by atoms with E-state index in [0.29, 0.717) is 26.2 Å². The number of hydrogen-bond donors (Lipinski definition) is 2. The van der Waals surface area contributed by atoms with Crippen molar-refractivity contribution in [3.05, 3.63) is 0 Å². The van der Waals surface area contributed by atoms with E-state index in [9.17, 15) is 9.59 Å². The molecular weight excluding hydrogens is 208 g/mol. The van der Waals surface area contributed by atoms with Crippen molar-refractivity contribution in [1.29, 1.82) is 0 Å². The van der Waals surface area contributed by atoms with Crippen LogP contribution < -0.4 is 10.6 Å². The molecule has 0 spiro atoms. The number of rotatable bonds is 5. The van der Waals surface area contributed by atoms with E-state index in [1.54, 1.807) is 23.9 Å². The predicted octanol–water partition coefficient (Wildman–Crippen LogP) is 0.309. The number of nitrogens with zero attached hydrogens (tertiary/aromatic N) is 2. The van der Waals surface area contributed by atoms with E-state index >= 15 is 0 Å². The zero-order valence-corrected chi connectivity index (χ0v) is 10.5. The lowest BCUT2D eigenvalue weighted by Gasteiger charge is -2.25. The molecule has 6 nitrogen and oxygen atoms in total. The molecule has 0 heterocycles. The van der Waals surface area contributed by atoms with Crippen molar-refractivity contribution < 1.29 is 9.59 Å². The average Bonchev–Trinajstić information content (AvgIpc) is 2.33. The zero-order chi connectivity index (χ0) is 12.6. The highest BCUT2D eigenvalue weighted by Crippen LogP contribution is 1.93. The zero-order valence-electron chi connectivity index (χ0n) is 10.5. The average molecular weight is 230 g/mol. The molecule has 0 unspecified atom stereocenters. The topological polar surface area (TPSA) is 64.7 Å². The molecule has 0 fully saturated rings. The fourth-order valence-electron chi connectivity index (χ4n) is 1.36. The van der Waals surface area contributed by atoms with Gasteiger partial charge in [-0.1, -0.05) is 0 Å². The number of urea groups is 2. The Bertz CT molecular complexity index is 209. The monoisotopic (exact) mass is 230 g/mol. The molecule has 2 N–H and O–H groups in total.